The molecule has 1 atom stereocenters. The summed E-state index contributed by atoms with van der Waals surface area (Å²) in [6.45, 7) is 5.03. The highest BCUT2D eigenvalue weighted by Crippen LogP contribution is 2.23. The summed E-state index contributed by atoms with van der Waals surface area (Å²) in [7, 11) is 0. The lowest BCUT2D eigenvalue weighted by Crippen LogP contribution is -2.41. The van der Waals surface area contributed by atoms with E-state index in [1.54, 1.807) is 0 Å². The van der Waals surface area contributed by atoms with Crippen LogP contribution in [0, 0.1) is 0 Å². The molecule has 1 aromatic carbocycles. The Kier molecular flexibility index (Phi) is 4.32. The summed E-state index contributed by atoms with van der Waals surface area (Å²) in [5.41, 5.74) is 3.56. The van der Waals surface area contributed by atoms with Crippen LogP contribution in [0.3, 0.4) is 0 Å². The van der Waals surface area contributed by atoms with Crippen LogP contribution >= 0.6 is 0 Å². The first-order valence-corrected chi connectivity index (χ1v) is 9.46. The van der Waals surface area contributed by atoms with Crippen LogP contribution in [0.4, 0.5) is 0 Å². The summed E-state index contributed by atoms with van der Waals surface area (Å²) < 4.78 is 2.19. The van der Waals surface area contributed by atoms with Crippen molar-refractivity contribution in [2.75, 3.05) is 0 Å². The van der Waals surface area contributed by atoms with Crippen molar-refractivity contribution in [1.82, 2.24) is 20.1 Å². The molecule has 5 heteroatoms. The molecule has 0 radical (unpaired) electrons. The fourth-order valence-corrected chi connectivity index (χ4v) is 4.04. The Morgan fingerprint density at radius 2 is 1.96 bits per heavy atom. The van der Waals surface area contributed by atoms with Gasteiger partial charge in [-0.05, 0) is 55.4 Å². The number of amides is 1. The van der Waals surface area contributed by atoms with Gasteiger partial charge in [-0.2, -0.15) is 0 Å². The summed E-state index contributed by atoms with van der Waals surface area (Å²) in [6.07, 6.45) is 6.53. The Morgan fingerprint density at radius 3 is 2.76 bits per heavy atom. The Balaban J connectivity index is 1.47. The first kappa shape index (κ1) is 16.3. The van der Waals surface area contributed by atoms with E-state index in [9.17, 15) is 4.79 Å². The summed E-state index contributed by atoms with van der Waals surface area (Å²) in [5.74, 6) is 2.45. The highest BCUT2D eigenvalue weighted by Gasteiger charge is 2.25. The molecule has 0 saturated carbocycles. The molecule has 1 aromatic heterocycles. The standard InChI is InChI=1S/C20H26N4O/c1-13(2)19-23-22-18-10-9-17(12-24(18)19)21-20(25)16-8-7-14-5-3-4-6-15(14)11-16/h7-8,11,13,17H,3-6,9-10,12H2,1-2H3,(H,21,25)/t17-/m1/s1. The van der Waals surface area contributed by atoms with E-state index in [-0.39, 0.29) is 11.9 Å². The maximum atomic E-state index is 12.7. The van der Waals surface area contributed by atoms with Gasteiger partial charge >= 0.3 is 0 Å². The molecular weight excluding hydrogens is 312 g/mol. The van der Waals surface area contributed by atoms with E-state index in [0.29, 0.717) is 5.92 Å². The maximum absolute atomic E-state index is 12.7. The number of rotatable bonds is 3. The zero-order valence-electron chi connectivity index (χ0n) is 15.1. The molecule has 5 nitrogen and oxygen atoms in total. The van der Waals surface area contributed by atoms with Gasteiger partial charge in [-0.1, -0.05) is 19.9 Å². The smallest absolute Gasteiger partial charge is 0.251 e. The van der Waals surface area contributed by atoms with Gasteiger partial charge in [0, 0.05) is 30.5 Å². The monoisotopic (exact) mass is 338 g/mol. The second kappa shape index (κ2) is 6.62. The molecule has 25 heavy (non-hydrogen) atoms. The largest absolute Gasteiger partial charge is 0.347 e. The first-order valence-electron chi connectivity index (χ1n) is 9.46. The van der Waals surface area contributed by atoms with Gasteiger partial charge in [0.2, 0.25) is 0 Å². The van der Waals surface area contributed by atoms with E-state index in [0.717, 1.165) is 49.4 Å². The van der Waals surface area contributed by atoms with Gasteiger partial charge in [0.05, 0.1) is 0 Å². The van der Waals surface area contributed by atoms with Crippen molar-refractivity contribution in [3.63, 3.8) is 0 Å². The summed E-state index contributed by atoms with van der Waals surface area (Å²) >= 11 is 0. The minimum atomic E-state index is 0.0426. The summed E-state index contributed by atoms with van der Waals surface area (Å²) in [4.78, 5) is 12.7. The third-order valence-corrected chi connectivity index (χ3v) is 5.44. The lowest BCUT2D eigenvalue weighted by molar-refractivity contribution is 0.0927. The second-order valence-corrected chi connectivity index (χ2v) is 7.64. The normalized spacial score (nSPS) is 19.4. The minimum Gasteiger partial charge on any atom is -0.347 e. The van der Waals surface area contributed by atoms with Crippen molar-refractivity contribution in [1.29, 1.82) is 0 Å². The van der Waals surface area contributed by atoms with Crippen LogP contribution in [0.2, 0.25) is 0 Å². The van der Waals surface area contributed by atoms with E-state index < -0.39 is 0 Å². The number of nitrogens with one attached hydrogen (secondary N) is 1. The van der Waals surface area contributed by atoms with Crippen molar-refractivity contribution < 1.29 is 4.79 Å². The van der Waals surface area contributed by atoms with Crippen LogP contribution in [-0.4, -0.2) is 26.7 Å². The van der Waals surface area contributed by atoms with Crippen LogP contribution < -0.4 is 5.32 Å². The third-order valence-electron chi connectivity index (χ3n) is 5.44. The average molecular weight is 338 g/mol. The highest BCUT2D eigenvalue weighted by atomic mass is 16.1. The lowest BCUT2D eigenvalue weighted by atomic mass is 9.90. The van der Waals surface area contributed by atoms with Crippen molar-refractivity contribution in [3.8, 4) is 0 Å². The van der Waals surface area contributed by atoms with Gasteiger partial charge in [0.1, 0.15) is 11.6 Å². The Hall–Kier alpha value is -2.17. The highest BCUT2D eigenvalue weighted by molar-refractivity contribution is 5.94. The number of aromatic nitrogens is 3. The van der Waals surface area contributed by atoms with Crippen LogP contribution in [0.25, 0.3) is 0 Å². The van der Waals surface area contributed by atoms with Gasteiger partial charge in [0.25, 0.3) is 5.91 Å². The zero-order valence-corrected chi connectivity index (χ0v) is 15.1. The number of hydrogen-bond donors (Lipinski definition) is 1. The molecule has 1 N–H and O–H groups in total. The molecule has 1 aliphatic carbocycles. The van der Waals surface area contributed by atoms with Crippen molar-refractivity contribution in [2.45, 2.75) is 70.9 Å². The summed E-state index contributed by atoms with van der Waals surface area (Å²) in [5, 5.41) is 11.8. The first-order chi connectivity index (χ1) is 12.1. The minimum absolute atomic E-state index is 0.0426. The Bertz CT molecular complexity index is 793. The van der Waals surface area contributed by atoms with Crippen LogP contribution in [0.1, 0.15) is 72.2 Å². The van der Waals surface area contributed by atoms with Gasteiger partial charge in [-0.3, -0.25) is 4.79 Å². The maximum Gasteiger partial charge on any atom is 0.251 e. The number of carbonyl (C=O) groups excluding carboxylic acids is 1. The fourth-order valence-electron chi connectivity index (χ4n) is 4.04. The number of fused-ring (bicyclic) bond motifs is 2. The number of carbonyl (C=O) groups is 1. The van der Waals surface area contributed by atoms with Crippen molar-refractivity contribution >= 4 is 5.91 Å². The van der Waals surface area contributed by atoms with E-state index in [1.165, 1.54) is 24.0 Å². The lowest BCUT2D eigenvalue weighted by Gasteiger charge is -2.26. The zero-order chi connectivity index (χ0) is 17.4. The third kappa shape index (κ3) is 3.20. The van der Waals surface area contributed by atoms with E-state index in [2.05, 4.69) is 46.1 Å². The molecule has 0 spiro atoms. The van der Waals surface area contributed by atoms with Crippen molar-refractivity contribution in [3.05, 3.63) is 46.5 Å². The van der Waals surface area contributed by atoms with Crippen LogP contribution in [0.15, 0.2) is 18.2 Å². The van der Waals surface area contributed by atoms with Crippen LogP contribution in [-0.2, 0) is 25.8 Å². The quantitative estimate of drug-likeness (QED) is 0.936. The predicted octanol–water partition coefficient (Wildman–Crippen LogP) is 3.03. The molecule has 0 fully saturated rings. The van der Waals surface area contributed by atoms with E-state index in [4.69, 9.17) is 0 Å². The molecule has 0 bridgehead atoms. The van der Waals surface area contributed by atoms with E-state index >= 15 is 0 Å². The molecule has 1 amide bonds. The molecule has 132 valence electrons. The SMILES string of the molecule is CC(C)c1nnc2n1C[C@H](NC(=O)c1ccc3c(c1)CCCC3)CC2. The Morgan fingerprint density at radius 1 is 1.16 bits per heavy atom. The number of benzene rings is 1. The number of aryl methyl sites for hydroxylation is 3. The molecule has 0 saturated heterocycles. The second-order valence-electron chi connectivity index (χ2n) is 7.64. The summed E-state index contributed by atoms with van der Waals surface area (Å²) in [6, 6.07) is 6.35. The number of nitrogens with zero attached hydrogens (tertiary/aromatic N) is 3. The molecule has 4 rings (SSSR count). The molecule has 2 heterocycles. The predicted molar refractivity (Wildman–Crippen MR) is 96.8 cm³/mol. The van der Waals surface area contributed by atoms with Gasteiger partial charge in [0.15, 0.2) is 0 Å². The Labute approximate surface area is 148 Å². The molecular formula is C20H26N4O. The van der Waals surface area contributed by atoms with Gasteiger partial charge in [-0.15, -0.1) is 10.2 Å². The van der Waals surface area contributed by atoms with E-state index in [1.807, 2.05) is 6.07 Å². The van der Waals surface area contributed by atoms with Crippen molar-refractivity contribution in [2.24, 2.45) is 0 Å². The number of hydrogen-bond acceptors (Lipinski definition) is 3. The topological polar surface area (TPSA) is 59.8 Å². The molecule has 1 aliphatic heterocycles. The van der Waals surface area contributed by atoms with Gasteiger partial charge in [-0.25, -0.2) is 0 Å². The average Bonchev–Trinajstić information content (AvgIpc) is 3.04. The molecule has 2 aliphatic rings. The fraction of sp³-hybridized carbons (Fsp3) is 0.550. The van der Waals surface area contributed by atoms with Gasteiger partial charge < -0.3 is 9.88 Å². The molecule has 0 unspecified atom stereocenters. The van der Waals surface area contributed by atoms with Crippen LogP contribution in [0.5, 0.6) is 0 Å². The molecule has 2 aromatic rings.